The first-order chi connectivity index (χ1) is 15.9. The van der Waals surface area contributed by atoms with Crippen LogP contribution in [0.2, 0.25) is 0 Å². The van der Waals surface area contributed by atoms with Gasteiger partial charge in [-0.3, -0.25) is 9.59 Å². The van der Waals surface area contributed by atoms with Crippen molar-refractivity contribution in [3.05, 3.63) is 47.7 Å². The van der Waals surface area contributed by atoms with E-state index < -0.39 is 67.0 Å². The number of alkyl halides is 3. The summed E-state index contributed by atoms with van der Waals surface area (Å²) in [6.07, 6.45) is -5.46. The number of nitrogens with two attached hydrogens (primary N) is 1. The quantitative estimate of drug-likeness (QED) is 0.423. The number of halogens is 3. The number of rotatable bonds is 9. The van der Waals surface area contributed by atoms with Gasteiger partial charge in [0, 0.05) is 13.5 Å². The van der Waals surface area contributed by atoms with Gasteiger partial charge in [0.1, 0.15) is 6.61 Å². The highest BCUT2D eigenvalue weighted by Gasteiger charge is 2.43. The predicted octanol–water partition coefficient (Wildman–Crippen LogP) is 0.363. The van der Waals surface area contributed by atoms with Crippen LogP contribution in [-0.2, 0) is 35.1 Å². The molecule has 0 aromatic heterocycles. The van der Waals surface area contributed by atoms with Crippen molar-refractivity contribution in [3.8, 4) is 0 Å². The largest absolute Gasteiger partial charge is 0.490 e. The van der Waals surface area contributed by atoms with Crippen molar-refractivity contribution < 1.29 is 46.9 Å². The van der Waals surface area contributed by atoms with Gasteiger partial charge < -0.3 is 30.5 Å². The maximum atomic E-state index is 13.3. The lowest BCUT2D eigenvalue weighted by molar-refractivity contribution is -0.200. The summed E-state index contributed by atoms with van der Waals surface area (Å²) in [6.45, 7) is -0.0829. The molecule has 10 nitrogen and oxygen atoms in total. The van der Waals surface area contributed by atoms with E-state index in [9.17, 15) is 37.5 Å². The van der Waals surface area contributed by atoms with Gasteiger partial charge in [0.15, 0.2) is 6.10 Å². The molecule has 0 saturated carbocycles. The van der Waals surface area contributed by atoms with Crippen molar-refractivity contribution in [2.45, 2.75) is 37.7 Å². The Labute approximate surface area is 192 Å². The molecular weight excluding hydrogens is 463 g/mol. The second-order valence-electron chi connectivity index (χ2n) is 7.37. The van der Waals surface area contributed by atoms with E-state index in [2.05, 4.69) is 10.1 Å². The highest BCUT2D eigenvalue weighted by atomic mass is 19.4. The predicted molar refractivity (Wildman–Crippen MR) is 110 cm³/mol. The van der Waals surface area contributed by atoms with E-state index in [1.165, 1.54) is 0 Å². The molecule has 0 radical (unpaired) electrons. The molecule has 0 bridgehead atoms. The molecule has 186 valence electrons. The number of benzene rings is 1. The summed E-state index contributed by atoms with van der Waals surface area (Å²) in [7, 11) is 0. The van der Waals surface area contributed by atoms with Gasteiger partial charge in [-0.2, -0.15) is 13.2 Å². The summed E-state index contributed by atoms with van der Waals surface area (Å²) >= 11 is 0. The van der Waals surface area contributed by atoms with Crippen molar-refractivity contribution in [2.24, 2.45) is 5.73 Å². The molecule has 2 amide bonds. The van der Waals surface area contributed by atoms with E-state index in [0.29, 0.717) is 0 Å². The molecule has 0 spiro atoms. The van der Waals surface area contributed by atoms with Gasteiger partial charge in [0.2, 0.25) is 11.7 Å². The molecule has 2 rings (SSSR count). The van der Waals surface area contributed by atoms with Gasteiger partial charge in [-0.1, -0.05) is 30.3 Å². The molecule has 0 unspecified atom stereocenters. The fourth-order valence-corrected chi connectivity index (χ4v) is 3.21. The number of carbonyl (C=O) groups is 4. The van der Waals surface area contributed by atoms with Gasteiger partial charge in [0.05, 0.1) is 18.6 Å². The van der Waals surface area contributed by atoms with Gasteiger partial charge in [-0.05, 0) is 18.1 Å². The monoisotopic (exact) mass is 487 g/mol. The van der Waals surface area contributed by atoms with Crippen LogP contribution in [0, 0.1) is 0 Å². The molecule has 13 heteroatoms. The Balaban J connectivity index is 2.24. The number of esters is 1. The number of hydrogen-bond acceptors (Lipinski definition) is 7. The molecule has 34 heavy (non-hydrogen) atoms. The zero-order valence-electron chi connectivity index (χ0n) is 18.1. The average molecular weight is 487 g/mol. The summed E-state index contributed by atoms with van der Waals surface area (Å²) in [6, 6.07) is 6.58. The number of nitrogens with zero attached hydrogens (tertiary/aromatic N) is 1. The molecule has 0 aliphatic carbocycles. The zero-order chi connectivity index (χ0) is 25.5. The Hall–Kier alpha value is -3.61. The van der Waals surface area contributed by atoms with Crippen molar-refractivity contribution in [1.29, 1.82) is 0 Å². The van der Waals surface area contributed by atoms with E-state index in [0.717, 1.165) is 23.5 Å². The molecular formula is C21H24F3N3O7. The molecule has 1 aromatic rings. The van der Waals surface area contributed by atoms with Crippen LogP contribution in [0.3, 0.4) is 0 Å². The molecule has 0 fully saturated rings. The first-order valence-electron chi connectivity index (χ1n) is 10.1. The van der Waals surface area contributed by atoms with Crippen LogP contribution < -0.4 is 11.1 Å². The van der Waals surface area contributed by atoms with Crippen molar-refractivity contribution in [1.82, 2.24) is 10.2 Å². The van der Waals surface area contributed by atoms with Crippen LogP contribution in [0.1, 0.15) is 12.5 Å². The van der Waals surface area contributed by atoms with Crippen LogP contribution in [0.5, 0.6) is 0 Å². The van der Waals surface area contributed by atoms with Crippen molar-refractivity contribution >= 4 is 23.8 Å². The highest BCUT2D eigenvalue weighted by Crippen LogP contribution is 2.21. The van der Waals surface area contributed by atoms with E-state index in [1.807, 2.05) is 0 Å². The minimum atomic E-state index is -5.20. The van der Waals surface area contributed by atoms with Crippen molar-refractivity contribution in [2.75, 3.05) is 19.7 Å². The SMILES string of the molecule is CC(=O)N[C@@H]1[C@@H](N)C=C(C(=O)O)O[C@H]1C(=O)N(CCOC(=O)C(F)(F)F)CCc1ccccc1. The third kappa shape index (κ3) is 7.47. The third-order valence-corrected chi connectivity index (χ3v) is 4.81. The normalized spacial score (nSPS) is 19.9. The van der Waals surface area contributed by atoms with Crippen LogP contribution in [0.4, 0.5) is 13.2 Å². The number of hydrogen-bond donors (Lipinski definition) is 3. The minimum absolute atomic E-state index is 0.0274. The van der Waals surface area contributed by atoms with Gasteiger partial charge in [0.25, 0.3) is 5.91 Å². The van der Waals surface area contributed by atoms with E-state index in [-0.39, 0.29) is 13.0 Å². The highest BCUT2D eigenvalue weighted by molar-refractivity contribution is 5.88. The lowest BCUT2D eigenvalue weighted by Crippen LogP contribution is -2.61. The Bertz CT molecular complexity index is 937. The van der Waals surface area contributed by atoms with Gasteiger partial charge >= 0.3 is 18.1 Å². The summed E-state index contributed by atoms with van der Waals surface area (Å²) in [5, 5.41) is 11.7. The summed E-state index contributed by atoms with van der Waals surface area (Å²) < 4.78 is 46.8. The molecule has 4 N–H and O–H groups in total. The average Bonchev–Trinajstić information content (AvgIpc) is 2.76. The third-order valence-electron chi connectivity index (χ3n) is 4.81. The minimum Gasteiger partial charge on any atom is -0.475 e. The summed E-state index contributed by atoms with van der Waals surface area (Å²) in [4.78, 5) is 48.4. The fourth-order valence-electron chi connectivity index (χ4n) is 3.21. The number of nitrogens with one attached hydrogen (secondary N) is 1. The second-order valence-corrected chi connectivity index (χ2v) is 7.37. The Morgan fingerprint density at radius 1 is 1.18 bits per heavy atom. The zero-order valence-corrected chi connectivity index (χ0v) is 18.1. The number of carboxylic acid groups (broad SMARTS) is 1. The Morgan fingerprint density at radius 3 is 2.38 bits per heavy atom. The number of aliphatic carboxylic acids is 1. The maximum Gasteiger partial charge on any atom is 0.490 e. The standard InChI is InChI=1S/C21H24F3N3O7/c1-12(28)26-16-14(25)11-15(19(30)31)34-17(16)18(29)27(8-7-13-5-3-2-4-6-13)9-10-33-20(32)21(22,23)24/h2-6,11,14,16-17H,7-10,25H2,1H3,(H,26,28)(H,30,31)/t14-,16+,17+/m0/s1. The molecule has 3 atom stereocenters. The van der Waals surface area contributed by atoms with E-state index in [4.69, 9.17) is 10.5 Å². The smallest absolute Gasteiger partial charge is 0.475 e. The molecule has 1 aliphatic rings. The molecule has 1 heterocycles. The lowest BCUT2D eigenvalue weighted by atomic mass is 9.97. The number of carbonyl (C=O) groups excluding carboxylic acids is 3. The van der Waals surface area contributed by atoms with Crippen LogP contribution in [-0.4, -0.2) is 77.8 Å². The Kier molecular flexibility index (Phi) is 9.01. The summed E-state index contributed by atoms with van der Waals surface area (Å²) in [5.41, 5.74) is 6.74. The number of ether oxygens (including phenoxy) is 2. The molecule has 1 aliphatic heterocycles. The summed E-state index contributed by atoms with van der Waals surface area (Å²) in [5.74, 6) is -5.93. The van der Waals surface area contributed by atoms with E-state index in [1.54, 1.807) is 30.3 Å². The topological polar surface area (TPSA) is 148 Å². The van der Waals surface area contributed by atoms with Crippen LogP contribution in [0.25, 0.3) is 0 Å². The number of carboxylic acids is 1. The Morgan fingerprint density at radius 2 is 1.82 bits per heavy atom. The first kappa shape index (κ1) is 26.6. The molecule has 1 aromatic carbocycles. The second kappa shape index (κ2) is 11.5. The lowest BCUT2D eigenvalue weighted by Gasteiger charge is -2.37. The number of amides is 2. The van der Waals surface area contributed by atoms with E-state index >= 15 is 0 Å². The van der Waals surface area contributed by atoms with Crippen LogP contribution >= 0.6 is 0 Å². The maximum absolute atomic E-state index is 13.3. The van der Waals surface area contributed by atoms with Crippen molar-refractivity contribution in [3.63, 3.8) is 0 Å². The van der Waals surface area contributed by atoms with Gasteiger partial charge in [-0.15, -0.1) is 0 Å². The van der Waals surface area contributed by atoms with Crippen LogP contribution in [0.15, 0.2) is 42.2 Å². The first-order valence-corrected chi connectivity index (χ1v) is 10.1. The molecule has 0 saturated heterocycles. The van der Waals surface area contributed by atoms with Gasteiger partial charge in [-0.25, -0.2) is 9.59 Å². The fraction of sp³-hybridized carbons (Fsp3) is 0.429.